The Bertz CT molecular complexity index is 566. The fraction of sp³-hybridized carbons (Fsp3) is 0.600. The number of likely N-dealkylation sites (tertiary alicyclic amines) is 1. The third kappa shape index (κ3) is 3.80. The molecule has 0 aromatic heterocycles. The zero-order valence-electron chi connectivity index (χ0n) is 14.5. The van der Waals surface area contributed by atoms with Crippen molar-refractivity contribution >= 4 is 11.8 Å². The molecular formula is C20H28N2O2. The smallest absolute Gasteiger partial charge is 0.225 e. The van der Waals surface area contributed by atoms with Gasteiger partial charge in [-0.3, -0.25) is 9.59 Å². The molecule has 2 fully saturated rings. The Morgan fingerprint density at radius 1 is 1.25 bits per heavy atom. The lowest BCUT2D eigenvalue weighted by Crippen LogP contribution is -2.37. The standard InChI is InChI=1S/C20H28N2O2/c1-2-15(16-8-4-3-5-9-16)13-21-20(24)17-12-19(23)22(14-17)18-10-6-7-11-18/h3-5,8-9,15,17-18H,2,6-7,10-14H2,1H3,(H,21,24)/t15-,17+/m1/s1. The Kier molecular flexibility index (Phi) is 5.54. The maximum Gasteiger partial charge on any atom is 0.225 e. The van der Waals surface area contributed by atoms with Gasteiger partial charge in [0.05, 0.1) is 5.92 Å². The third-order valence-electron chi connectivity index (χ3n) is 5.58. The van der Waals surface area contributed by atoms with E-state index in [0.29, 0.717) is 31.5 Å². The minimum atomic E-state index is -0.175. The van der Waals surface area contributed by atoms with Crippen LogP contribution in [-0.2, 0) is 9.59 Å². The lowest BCUT2D eigenvalue weighted by molar-refractivity contribution is -0.130. The molecule has 2 amide bonds. The van der Waals surface area contributed by atoms with Gasteiger partial charge >= 0.3 is 0 Å². The Morgan fingerprint density at radius 2 is 1.96 bits per heavy atom. The highest BCUT2D eigenvalue weighted by atomic mass is 16.2. The average molecular weight is 328 g/mol. The SMILES string of the molecule is CC[C@H](CNC(=O)[C@H]1CC(=O)N(C2CCCC2)C1)c1ccccc1. The maximum absolute atomic E-state index is 12.5. The Hall–Kier alpha value is -1.84. The summed E-state index contributed by atoms with van der Waals surface area (Å²) in [6.45, 7) is 3.40. The molecule has 1 saturated heterocycles. The first-order valence-electron chi connectivity index (χ1n) is 9.31. The zero-order valence-corrected chi connectivity index (χ0v) is 14.5. The number of nitrogens with zero attached hydrogens (tertiary/aromatic N) is 1. The number of benzene rings is 1. The lowest BCUT2D eigenvalue weighted by atomic mass is 9.96. The van der Waals surface area contributed by atoms with Crippen molar-refractivity contribution in [3.63, 3.8) is 0 Å². The van der Waals surface area contributed by atoms with Crippen molar-refractivity contribution in [2.45, 2.75) is 57.4 Å². The molecule has 0 spiro atoms. The van der Waals surface area contributed by atoms with Crippen LogP contribution in [0.15, 0.2) is 30.3 Å². The van der Waals surface area contributed by atoms with E-state index in [1.807, 2.05) is 23.1 Å². The van der Waals surface area contributed by atoms with Crippen LogP contribution >= 0.6 is 0 Å². The number of amides is 2. The van der Waals surface area contributed by atoms with Crippen molar-refractivity contribution < 1.29 is 9.59 Å². The summed E-state index contributed by atoms with van der Waals surface area (Å²) < 4.78 is 0. The van der Waals surface area contributed by atoms with Crippen molar-refractivity contribution in [3.05, 3.63) is 35.9 Å². The second-order valence-corrected chi connectivity index (χ2v) is 7.15. The fourth-order valence-corrected chi connectivity index (χ4v) is 4.07. The fourth-order valence-electron chi connectivity index (χ4n) is 4.07. The molecule has 0 radical (unpaired) electrons. The van der Waals surface area contributed by atoms with Crippen LogP contribution < -0.4 is 5.32 Å². The van der Waals surface area contributed by atoms with Crippen LogP contribution in [0.1, 0.15) is 56.9 Å². The van der Waals surface area contributed by atoms with E-state index in [4.69, 9.17) is 0 Å². The molecule has 3 rings (SSSR count). The number of rotatable bonds is 6. The molecule has 0 unspecified atom stereocenters. The van der Waals surface area contributed by atoms with Gasteiger partial charge in [0, 0.05) is 31.5 Å². The first-order valence-corrected chi connectivity index (χ1v) is 9.31. The highest BCUT2D eigenvalue weighted by Crippen LogP contribution is 2.29. The summed E-state index contributed by atoms with van der Waals surface area (Å²) in [6, 6.07) is 10.7. The van der Waals surface area contributed by atoms with Crippen LogP contribution in [0.3, 0.4) is 0 Å². The summed E-state index contributed by atoms with van der Waals surface area (Å²) >= 11 is 0. The van der Waals surface area contributed by atoms with Gasteiger partial charge in [0.2, 0.25) is 11.8 Å². The molecule has 1 aromatic carbocycles. The van der Waals surface area contributed by atoms with Crippen molar-refractivity contribution in [2.24, 2.45) is 5.92 Å². The normalized spacial score (nSPS) is 22.8. The summed E-state index contributed by atoms with van der Waals surface area (Å²) in [6.07, 6.45) is 5.99. The van der Waals surface area contributed by atoms with Crippen LogP contribution in [-0.4, -0.2) is 35.8 Å². The third-order valence-corrected chi connectivity index (χ3v) is 5.58. The first kappa shape index (κ1) is 17.0. The summed E-state index contributed by atoms with van der Waals surface area (Å²) in [5, 5.41) is 3.09. The van der Waals surface area contributed by atoms with E-state index < -0.39 is 0 Å². The molecule has 24 heavy (non-hydrogen) atoms. The van der Waals surface area contributed by atoms with Crippen LogP contribution in [0.2, 0.25) is 0 Å². The van der Waals surface area contributed by atoms with Gasteiger partial charge in [0.1, 0.15) is 0 Å². The molecule has 4 heteroatoms. The van der Waals surface area contributed by atoms with E-state index in [0.717, 1.165) is 19.3 Å². The second-order valence-electron chi connectivity index (χ2n) is 7.15. The van der Waals surface area contributed by atoms with Gasteiger partial charge < -0.3 is 10.2 Å². The minimum Gasteiger partial charge on any atom is -0.355 e. The molecule has 1 N–H and O–H groups in total. The Labute approximate surface area is 144 Å². The molecule has 1 saturated carbocycles. The average Bonchev–Trinajstić information content (AvgIpc) is 3.25. The zero-order chi connectivity index (χ0) is 16.9. The number of nitrogens with one attached hydrogen (secondary N) is 1. The van der Waals surface area contributed by atoms with Gasteiger partial charge in [-0.05, 0) is 24.8 Å². The topological polar surface area (TPSA) is 49.4 Å². The van der Waals surface area contributed by atoms with Crippen LogP contribution in [0, 0.1) is 5.92 Å². The van der Waals surface area contributed by atoms with E-state index in [1.165, 1.54) is 18.4 Å². The molecule has 4 nitrogen and oxygen atoms in total. The van der Waals surface area contributed by atoms with Crippen molar-refractivity contribution in [2.75, 3.05) is 13.1 Å². The molecule has 130 valence electrons. The highest BCUT2D eigenvalue weighted by molar-refractivity contribution is 5.89. The largest absolute Gasteiger partial charge is 0.355 e. The van der Waals surface area contributed by atoms with Crippen molar-refractivity contribution in [3.8, 4) is 0 Å². The molecule has 1 heterocycles. The van der Waals surface area contributed by atoms with Crippen molar-refractivity contribution in [1.82, 2.24) is 10.2 Å². The van der Waals surface area contributed by atoms with Gasteiger partial charge in [0.25, 0.3) is 0 Å². The predicted octanol–water partition coefficient (Wildman–Crippen LogP) is 3.09. The van der Waals surface area contributed by atoms with Crippen molar-refractivity contribution in [1.29, 1.82) is 0 Å². The van der Waals surface area contributed by atoms with E-state index >= 15 is 0 Å². The second kappa shape index (κ2) is 7.82. The molecule has 0 bridgehead atoms. The van der Waals surface area contributed by atoms with Crippen LogP contribution in [0.5, 0.6) is 0 Å². The monoisotopic (exact) mass is 328 g/mol. The first-order chi connectivity index (χ1) is 11.7. The van der Waals surface area contributed by atoms with Gasteiger partial charge in [0.15, 0.2) is 0 Å². The summed E-state index contributed by atoms with van der Waals surface area (Å²) in [4.78, 5) is 26.7. The van der Waals surface area contributed by atoms with E-state index in [1.54, 1.807) is 0 Å². The van der Waals surface area contributed by atoms with Gasteiger partial charge in [-0.15, -0.1) is 0 Å². The Balaban J connectivity index is 1.52. The predicted molar refractivity (Wildman–Crippen MR) is 94.6 cm³/mol. The highest BCUT2D eigenvalue weighted by Gasteiger charge is 2.38. The number of hydrogen-bond donors (Lipinski definition) is 1. The van der Waals surface area contributed by atoms with E-state index in [-0.39, 0.29) is 17.7 Å². The lowest BCUT2D eigenvalue weighted by Gasteiger charge is -2.24. The number of carbonyl (C=O) groups excluding carboxylic acids is 2. The molecule has 2 atom stereocenters. The van der Waals surface area contributed by atoms with Crippen LogP contribution in [0.4, 0.5) is 0 Å². The molecular weight excluding hydrogens is 300 g/mol. The summed E-state index contributed by atoms with van der Waals surface area (Å²) in [7, 11) is 0. The Morgan fingerprint density at radius 3 is 2.62 bits per heavy atom. The number of carbonyl (C=O) groups is 2. The molecule has 1 aliphatic carbocycles. The molecule has 1 aliphatic heterocycles. The van der Waals surface area contributed by atoms with Crippen LogP contribution in [0.25, 0.3) is 0 Å². The minimum absolute atomic E-state index is 0.0400. The summed E-state index contributed by atoms with van der Waals surface area (Å²) in [5.74, 6) is 0.361. The van der Waals surface area contributed by atoms with E-state index in [9.17, 15) is 9.59 Å². The molecule has 2 aliphatic rings. The molecule has 1 aromatic rings. The quantitative estimate of drug-likeness (QED) is 0.872. The van der Waals surface area contributed by atoms with E-state index in [2.05, 4.69) is 24.4 Å². The van der Waals surface area contributed by atoms with Gasteiger partial charge in [-0.25, -0.2) is 0 Å². The number of hydrogen-bond acceptors (Lipinski definition) is 2. The van der Waals surface area contributed by atoms with Gasteiger partial charge in [-0.1, -0.05) is 50.1 Å². The maximum atomic E-state index is 12.5. The summed E-state index contributed by atoms with van der Waals surface area (Å²) in [5.41, 5.74) is 1.26. The van der Waals surface area contributed by atoms with Gasteiger partial charge in [-0.2, -0.15) is 0 Å².